The Morgan fingerprint density at radius 3 is 2.61 bits per heavy atom. The quantitative estimate of drug-likeness (QED) is 0.557. The first kappa shape index (κ1) is 17.9. The van der Waals surface area contributed by atoms with Crippen molar-refractivity contribution in [2.24, 2.45) is 0 Å². The highest BCUT2D eigenvalue weighted by molar-refractivity contribution is 5.92. The number of fused-ring (bicyclic) bond motifs is 1. The van der Waals surface area contributed by atoms with Crippen LogP contribution in [0.4, 0.5) is 14.5 Å². The zero-order valence-electron chi connectivity index (χ0n) is 15.1. The van der Waals surface area contributed by atoms with Crippen molar-refractivity contribution >= 4 is 17.2 Å². The van der Waals surface area contributed by atoms with Gasteiger partial charge in [0.1, 0.15) is 17.3 Å². The Hall–Kier alpha value is -3.54. The van der Waals surface area contributed by atoms with E-state index in [-0.39, 0.29) is 17.9 Å². The van der Waals surface area contributed by atoms with Crippen molar-refractivity contribution in [3.05, 3.63) is 89.8 Å². The molecule has 0 radical (unpaired) electrons. The van der Waals surface area contributed by atoms with Crippen LogP contribution in [0.25, 0.3) is 16.9 Å². The molecule has 2 aromatic carbocycles. The molecule has 4 nitrogen and oxygen atoms in total. The van der Waals surface area contributed by atoms with Gasteiger partial charge in [0.25, 0.3) is 0 Å². The Morgan fingerprint density at radius 2 is 1.89 bits per heavy atom. The molecular formula is C22H17F2N3O. The number of hydrogen-bond acceptors (Lipinski definition) is 2. The molecule has 28 heavy (non-hydrogen) atoms. The highest BCUT2D eigenvalue weighted by Gasteiger charge is 2.10. The number of hydrogen-bond donors (Lipinski definition) is 1. The van der Waals surface area contributed by atoms with Gasteiger partial charge in [-0.3, -0.25) is 4.79 Å². The summed E-state index contributed by atoms with van der Waals surface area (Å²) in [6.45, 7) is 2.01. The summed E-state index contributed by atoms with van der Waals surface area (Å²) < 4.78 is 28.6. The third-order valence-corrected chi connectivity index (χ3v) is 4.51. The van der Waals surface area contributed by atoms with E-state index < -0.39 is 11.6 Å². The zero-order chi connectivity index (χ0) is 19.7. The lowest BCUT2D eigenvalue weighted by Crippen LogP contribution is -2.15. The number of halogens is 2. The number of carbonyl (C=O) groups excluding carboxylic acids is 1. The predicted molar refractivity (Wildman–Crippen MR) is 104 cm³/mol. The second kappa shape index (κ2) is 7.23. The van der Waals surface area contributed by atoms with E-state index in [0.717, 1.165) is 34.6 Å². The molecule has 0 spiro atoms. The van der Waals surface area contributed by atoms with Crippen molar-refractivity contribution in [2.75, 3.05) is 5.32 Å². The molecule has 4 aromatic rings. The Bertz CT molecular complexity index is 1170. The van der Waals surface area contributed by atoms with Crippen LogP contribution in [-0.2, 0) is 11.2 Å². The molecule has 140 valence electrons. The molecule has 0 aliphatic heterocycles. The van der Waals surface area contributed by atoms with Gasteiger partial charge < -0.3 is 9.72 Å². The number of imidazole rings is 1. The summed E-state index contributed by atoms with van der Waals surface area (Å²) >= 11 is 0. The van der Waals surface area contributed by atoms with Gasteiger partial charge in [-0.15, -0.1) is 0 Å². The van der Waals surface area contributed by atoms with Gasteiger partial charge in [0.05, 0.1) is 12.1 Å². The average molecular weight is 377 g/mol. The third kappa shape index (κ3) is 3.62. The van der Waals surface area contributed by atoms with E-state index >= 15 is 0 Å². The lowest BCUT2D eigenvalue weighted by atomic mass is 10.1. The predicted octanol–water partition coefficient (Wildman–Crippen LogP) is 4.77. The van der Waals surface area contributed by atoms with Crippen molar-refractivity contribution in [1.29, 1.82) is 0 Å². The molecule has 0 saturated carbocycles. The van der Waals surface area contributed by atoms with Gasteiger partial charge in [-0.1, -0.05) is 24.3 Å². The molecule has 2 heterocycles. The van der Waals surface area contributed by atoms with Gasteiger partial charge in [-0.05, 0) is 42.3 Å². The van der Waals surface area contributed by atoms with Crippen LogP contribution in [0, 0.1) is 18.6 Å². The number of carbonyl (C=O) groups is 1. The van der Waals surface area contributed by atoms with Crippen molar-refractivity contribution in [2.45, 2.75) is 13.3 Å². The number of rotatable bonds is 4. The molecule has 2 aromatic heterocycles. The van der Waals surface area contributed by atoms with Gasteiger partial charge >= 0.3 is 0 Å². The molecule has 1 amide bonds. The monoisotopic (exact) mass is 377 g/mol. The smallest absolute Gasteiger partial charge is 0.228 e. The van der Waals surface area contributed by atoms with E-state index in [9.17, 15) is 13.6 Å². The van der Waals surface area contributed by atoms with Gasteiger partial charge in [0.2, 0.25) is 5.91 Å². The number of benzene rings is 2. The normalized spacial score (nSPS) is 11.0. The highest BCUT2D eigenvalue weighted by atomic mass is 19.1. The zero-order valence-corrected chi connectivity index (χ0v) is 15.1. The molecule has 0 unspecified atom stereocenters. The molecule has 0 aliphatic carbocycles. The van der Waals surface area contributed by atoms with Crippen LogP contribution in [0.1, 0.15) is 11.1 Å². The van der Waals surface area contributed by atoms with Crippen molar-refractivity contribution in [3.8, 4) is 11.3 Å². The van der Waals surface area contributed by atoms with Crippen LogP contribution in [0.15, 0.2) is 67.0 Å². The van der Waals surface area contributed by atoms with Crippen LogP contribution in [-0.4, -0.2) is 15.3 Å². The van der Waals surface area contributed by atoms with E-state index in [0.29, 0.717) is 5.69 Å². The first-order chi connectivity index (χ1) is 13.5. The third-order valence-electron chi connectivity index (χ3n) is 4.51. The maximum atomic E-state index is 13.7. The standard InChI is InChI=1S/C22H17F2N3O/c1-14-3-2-10-27-13-20(26-22(14)27)15-5-8-18(9-6-15)25-21(28)11-16-4-7-17(23)12-19(16)24/h2-10,12-13H,11H2,1H3,(H,25,28). The molecule has 0 bridgehead atoms. The number of aryl methyl sites for hydroxylation is 1. The van der Waals surface area contributed by atoms with E-state index in [1.165, 1.54) is 6.07 Å². The fraction of sp³-hybridized carbons (Fsp3) is 0.0909. The Balaban J connectivity index is 1.48. The van der Waals surface area contributed by atoms with Crippen LogP contribution in [0.3, 0.4) is 0 Å². The minimum absolute atomic E-state index is 0.149. The second-order valence-electron chi connectivity index (χ2n) is 6.59. The van der Waals surface area contributed by atoms with E-state index in [1.807, 2.05) is 48.0 Å². The Labute approximate surface area is 160 Å². The lowest BCUT2D eigenvalue weighted by molar-refractivity contribution is -0.115. The second-order valence-corrected chi connectivity index (χ2v) is 6.59. The number of amides is 1. The first-order valence-corrected chi connectivity index (χ1v) is 8.78. The number of aromatic nitrogens is 2. The van der Waals surface area contributed by atoms with Crippen LogP contribution < -0.4 is 5.32 Å². The Kier molecular flexibility index (Phi) is 4.61. The van der Waals surface area contributed by atoms with Crippen molar-refractivity contribution in [3.63, 3.8) is 0 Å². The summed E-state index contributed by atoms with van der Waals surface area (Å²) in [7, 11) is 0. The molecule has 1 N–H and O–H groups in total. The van der Waals surface area contributed by atoms with Crippen LogP contribution in [0.2, 0.25) is 0 Å². The van der Waals surface area contributed by atoms with E-state index in [2.05, 4.69) is 10.3 Å². The summed E-state index contributed by atoms with van der Waals surface area (Å²) in [5.41, 5.74) is 4.49. The van der Waals surface area contributed by atoms with Crippen molar-refractivity contribution in [1.82, 2.24) is 9.38 Å². The maximum absolute atomic E-state index is 13.7. The topological polar surface area (TPSA) is 46.4 Å². The fourth-order valence-corrected chi connectivity index (χ4v) is 3.06. The first-order valence-electron chi connectivity index (χ1n) is 8.78. The summed E-state index contributed by atoms with van der Waals surface area (Å²) in [6.07, 6.45) is 3.73. The number of nitrogens with one attached hydrogen (secondary N) is 1. The SMILES string of the molecule is Cc1cccn2cc(-c3ccc(NC(=O)Cc4ccc(F)cc4F)cc3)nc12. The molecule has 0 saturated heterocycles. The van der Waals surface area contributed by atoms with Crippen LogP contribution in [0.5, 0.6) is 0 Å². The molecule has 0 fully saturated rings. The summed E-state index contributed by atoms with van der Waals surface area (Å²) in [6, 6.07) is 14.4. The molecule has 0 aliphatic rings. The minimum atomic E-state index is -0.729. The van der Waals surface area contributed by atoms with Gasteiger partial charge in [0.15, 0.2) is 0 Å². The largest absolute Gasteiger partial charge is 0.326 e. The number of pyridine rings is 1. The summed E-state index contributed by atoms with van der Waals surface area (Å²) in [5.74, 6) is -1.77. The van der Waals surface area contributed by atoms with E-state index in [1.54, 1.807) is 12.1 Å². The molecule has 0 atom stereocenters. The lowest BCUT2D eigenvalue weighted by Gasteiger charge is -2.07. The number of nitrogens with zero attached hydrogens (tertiary/aromatic N) is 2. The molecular weight excluding hydrogens is 360 g/mol. The maximum Gasteiger partial charge on any atom is 0.228 e. The van der Waals surface area contributed by atoms with E-state index in [4.69, 9.17) is 0 Å². The van der Waals surface area contributed by atoms with Gasteiger partial charge in [0, 0.05) is 29.7 Å². The average Bonchev–Trinajstić information content (AvgIpc) is 3.10. The summed E-state index contributed by atoms with van der Waals surface area (Å²) in [4.78, 5) is 16.8. The molecule has 4 rings (SSSR count). The molecule has 6 heteroatoms. The van der Waals surface area contributed by atoms with Gasteiger partial charge in [-0.25, -0.2) is 13.8 Å². The number of anilines is 1. The highest BCUT2D eigenvalue weighted by Crippen LogP contribution is 2.22. The van der Waals surface area contributed by atoms with Crippen molar-refractivity contribution < 1.29 is 13.6 Å². The summed E-state index contributed by atoms with van der Waals surface area (Å²) in [5, 5.41) is 2.72. The van der Waals surface area contributed by atoms with Crippen LogP contribution >= 0.6 is 0 Å². The fourth-order valence-electron chi connectivity index (χ4n) is 3.06. The minimum Gasteiger partial charge on any atom is -0.326 e. The van der Waals surface area contributed by atoms with Gasteiger partial charge in [-0.2, -0.15) is 0 Å². The Morgan fingerprint density at radius 1 is 1.11 bits per heavy atom.